The number of allylic oxidation sites excluding steroid dienone is 2. The second-order valence-electron chi connectivity index (χ2n) is 6.06. The number of methoxy groups -OCH3 is 1. The monoisotopic (exact) mass is 274 g/mol. The summed E-state index contributed by atoms with van der Waals surface area (Å²) in [5.74, 6) is 2.84. The van der Waals surface area contributed by atoms with Crippen molar-refractivity contribution in [1.29, 1.82) is 0 Å². The van der Waals surface area contributed by atoms with Crippen LogP contribution in [-0.2, 0) is 0 Å². The first-order valence-corrected chi connectivity index (χ1v) is 7.56. The van der Waals surface area contributed by atoms with Gasteiger partial charge in [0.1, 0.15) is 0 Å². The molecular formula is C18H26O2. The summed E-state index contributed by atoms with van der Waals surface area (Å²) in [7, 11) is 1.60. The molecule has 1 saturated carbocycles. The van der Waals surface area contributed by atoms with Crippen molar-refractivity contribution in [3.8, 4) is 11.5 Å². The Labute approximate surface area is 122 Å². The van der Waals surface area contributed by atoms with Gasteiger partial charge in [-0.3, -0.25) is 0 Å². The normalized spacial score (nSPS) is 27.4. The molecule has 0 bridgehead atoms. The molecule has 0 radical (unpaired) electrons. The van der Waals surface area contributed by atoms with E-state index in [1.165, 1.54) is 30.4 Å². The topological polar surface area (TPSA) is 29.5 Å². The van der Waals surface area contributed by atoms with E-state index in [0.717, 1.165) is 5.92 Å². The van der Waals surface area contributed by atoms with E-state index in [2.05, 4.69) is 26.8 Å². The van der Waals surface area contributed by atoms with Crippen LogP contribution in [0.5, 0.6) is 11.5 Å². The van der Waals surface area contributed by atoms with E-state index in [1.54, 1.807) is 13.2 Å². The molecule has 0 saturated heterocycles. The Morgan fingerprint density at radius 1 is 1.35 bits per heavy atom. The Morgan fingerprint density at radius 3 is 2.70 bits per heavy atom. The number of ether oxygens (including phenoxy) is 1. The second kappa shape index (κ2) is 6.34. The lowest BCUT2D eigenvalue weighted by Crippen LogP contribution is -2.22. The summed E-state index contributed by atoms with van der Waals surface area (Å²) in [6.07, 6.45) is 5.94. The van der Waals surface area contributed by atoms with Gasteiger partial charge in [-0.25, -0.2) is 0 Å². The Kier molecular flexibility index (Phi) is 4.74. The van der Waals surface area contributed by atoms with Crippen LogP contribution in [0.3, 0.4) is 0 Å². The molecule has 0 spiro atoms. The molecule has 1 aromatic carbocycles. The Balaban J connectivity index is 2.13. The quantitative estimate of drug-likeness (QED) is 0.795. The van der Waals surface area contributed by atoms with Crippen LogP contribution in [-0.4, -0.2) is 12.2 Å². The first-order chi connectivity index (χ1) is 9.56. The van der Waals surface area contributed by atoms with Gasteiger partial charge in [0.15, 0.2) is 11.5 Å². The van der Waals surface area contributed by atoms with Crippen molar-refractivity contribution in [2.75, 3.05) is 7.11 Å². The SMILES string of the molecule is C/C=C(\C)C1CCC(c2ccc(O)c(OC)c2)CC1C. The molecule has 0 aliphatic heterocycles. The molecule has 0 amide bonds. The zero-order valence-electron chi connectivity index (χ0n) is 13.0. The minimum absolute atomic E-state index is 0.225. The summed E-state index contributed by atoms with van der Waals surface area (Å²) in [5, 5.41) is 9.70. The summed E-state index contributed by atoms with van der Waals surface area (Å²) in [6.45, 7) is 6.76. The fraction of sp³-hybridized carbons (Fsp3) is 0.556. The average Bonchev–Trinajstić information content (AvgIpc) is 2.47. The lowest BCUT2D eigenvalue weighted by molar-refractivity contribution is 0.264. The van der Waals surface area contributed by atoms with Crippen LogP contribution in [0.25, 0.3) is 0 Å². The molecule has 0 aromatic heterocycles. The third-order valence-electron chi connectivity index (χ3n) is 4.88. The summed E-state index contributed by atoms with van der Waals surface area (Å²) in [4.78, 5) is 0. The van der Waals surface area contributed by atoms with Crippen molar-refractivity contribution >= 4 is 0 Å². The third kappa shape index (κ3) is 3.00. The van der Waals surface area contributed by atoms with Crippen molar-refractivity contribution in [3.63, 3.8) is 0 Å². The summed E-state index contributed by atoms with van der Waals surface area (Å²) < 4.78 is 5.22. The van der Waals surface area contributed by atoms with Crippen molar-refractivity contribution in [2.24, 2.45) is 11.8 Å². The van der Waals surface area contributed by atoms with Crippen LogP contribution in [0.2, 0.25) is 0 Å². The van der Waals surface area contributed by atoms with Crippen molar-refractivity contribution < 1.29 is 9.84 Å². The van der Waals surface area contributed by atoms with Gasteiger partial charge < -0.3 is 9.84 Å². The predicted molar refractivity (Wildman–Crippen MR) is 83.3 cm³/mol. The number of phenolic OH excluding ortho intramolecular Hbond substituents is 1. The molecule has 3 atom stereocenters. The lowest BCUT2D eigenvalue weighted by Gasteiger charge is -2.35. The number of phenols is 1. The Hall–Kier alpha value is -1.44. The second-order valence-corrected chi connectivity index (χ2v) is 6.06. The lowest BCUT2D eigenvalue weighted by atomic mass is 9.70. The van der Waals surface area contributed by atoms with Gasteiger partial charge in [0, 0.05) is 0 Å². The molecule has 3 unspecified atom stereocenters. The van der Waals surface area contributed by atoms with Gasteiger partial charge in [-0.2, -0.15) is 0 Å². The van der Waals surface area contributed by atoms with Gasteiger partial charge in [-0.05, 0) is 68.6 Å². The Morgan fingerprint density at radius 2 is 2.10 bits per heavy atom. The van der Waals surface area contributed by atoms with Crippen molar-refractivity contribution in [2.45, 2.75) is 46.0 Å². The van der Waals surface area contributed by atoms with E-state index in [1.807, 2.05) is 12.1 Å². The van der Waals surface area contributed by atoms with E-state index in [9.17, 15) is 5.11 Å². The van der Waals surface area contributed by atoms with Crippen LogP contribution in [0, 0.1) is 11.8 Å². The van der Waals surface area contributed by atoms with E-state index in [0.29, 0.717) is 17.6 Å². The number of aromatic hydroxyl groups is 1. The fourth-order valence-electron chi connectivity index (χ4n) is 3.54. The summed E-state index contributed by atoms with van der Waals surface area (Å²) >= 11 is 0. The molecular weight excluding hydrogens is 248 g/mol. The molecule has 2 nitrogen and oxygen atoms in total. The molecule has 0 heterocycles. The minimum Gasteiger partial charge on any atom is -0.504 e. The van der Waals surface area contributed by atoms with Gasteiger partial charge >= 0.3 is 0 Å². The highest BCUT2D eigenvalue weighted by molar-refractivity contribution is 5.43. The van der Waals surface area contributed by atoms with Gasteiger partial charge in [-0.15, -0.1) is 0 Å². The van der Waals surface area contributed by atoms with Crippen LogP contribution in [0.15, 0.2) is 29.8 Å². The van der Waals surface area contributed by atoms with E-state index in [-0.39, 0.29) is 5.75 Å². The highest BCUT2D eigenvalue weighted by atomic mass is 16.5. The smallest absolute Gasteiger partial charge is 0.160 e. The maximum absolute atomic E-state index is 9.70. The molecule has 1 N–H and O–H groups in total. The van der Waals surface area contributed by atoms with Crippen molar-refractivity contribution in [1.82, 2.24) is 0 Å². The van der Waals surface area contributed by atoms with Crippen LogP contribution in [0.1, 0.15) is 51.5 Å². The fourth-order valence-corrected chi connectivity index (χ4v) is 3.54. The van der Waals surface area contributed by atoms with Gasteiger partial charge in [0.2, 0.25) is 0 Å². The number of hydrogen-bond acceptors (Lipinski definition) is 2. The standard InChI is InChI=1S/C18H26O2/c1-5-12(2)16-8-6-14(10-13(16)3)15-7-9-17(19)18(11-15)20-4/h5,7,9,11,13-14,16,19H,6,8,10H2,1-4H3/b12-5+. The number of rotatable bonds is 3. The number of hydrogen-bond donors (Lipinski definition) is 1. The largest absolute Gasteiger partial charge is 0.504 e. The number of benzene rings is 1. The Bertz CT molecular complexity index is 490. The molecule has 110 valence electrons. The zero-order chi connectivity index (χ0) is 14.7. The third-order valence-corrected chi connectivity index (χ3v) is 4.88. The molecule has 1 aliphatic rings. The van der Waals surface area contributed by atoms with Gasteiger partial charge in [-0.1, -0.05) is 24.6 Å². The van der Waals surface area contributed by atoms with Crippen molar-refractivity contribution in [3.05, 3.63) is 35.4 Å². The zero-order valence-corrected chi connectivity index (χ0v) is 13.0. The van der Waals surface area contributed by atoms with Crippen LogP contribution in [0.4, 0.5) is 0 Å². The highest BCUT2D eigenvalue weighted by Crippen LogP contribution is 2.43. The molecule has 1 aromatic rings. The van der Waals surface area contributed by atoms with E-state index in [4.69, 9.17) is 4.74 Å². The van der Waals surface area contributed by atoms with E-state index < -0.39 is 0 Å². The summed E-state index contributed by atoms with van der Waals surface area (Å²) in [5.41, 5.74) is 2.82. The summed E-state index contributed by atoms with van der Waals surface area (Å²) in [6, 6.07) is 5.79. The first-order valence-electron chi connectivity index (χ1n) is 7.56. The average molecular weight is 274 g/mol. The maximum Gasteiger partial charge on any atom is 0.160 e. The molecule has 1 aliphatic carbocycles. The predicted octanol–water partition coefficient (Wildman–Crippen LogP) is 4.89. The van der Waals surface area contributed by atoms with Crippen LogP contribution >= 0.6 is 0 Å². The van der Waals surface area contributed by atoms with E-state index >= 15 is 0 Å². The maximum atomic E-state index is 9.70. The molecule has 1 fully saturated rings. The highest BCUT2D eigenvalue weighted by Gasteiger charge is 2.29. The van der Waals surface area contributed by atoms with Gasteiger partial charge in [0.25, 0.3) is 0 Å². The first kappa shape index (κ1) is 15.0. The van der Waals surface area contributed by atoms with Gasteiger partial charge in [0.05, 0.1) is 7.11 Å². The molecule has 20 heavy (non-hydrogen) atoms. The minimum atomic E-state index is 0.225. The molecule has 2 heteroatoms. The van der Waals surface area contributed by atoms with Crippen LogP contribution < -0.4 is 4.74 Å². The molecule has 2 rings (SSSR count).